The van der Waals surface area contributed by atoms with E-state index in [1.807, 2.05) is 0 Å². The molecule has 0 radical (unpaired) electrons. The normalized spacial score (nSPS) is 24.6. The van der Waals surface area contributed by atoms with E-state index in [9.17, 15) is 12.8 Å². The molecule has 11 heteroatoms. The third kappa shape index (κ3) is 3.71. The monoisotopic (exact) mass is 483 g/mol. The fraction of sp³-hybridized carbons (Fsp3) is 0.429. The van der Waals surface area contributed by atoms with Gasteiger partial charge in [-0.25, -0.2) is 17.2 Å². The number of halogens is 3. The third-order valence-electron chi connectivity index (χ3n) is 6.17. The van der Waals surface area contributed by atoms with Crippen LogP contribution in [0.25, 0.3) is 10.4 Å². The Morgan fingerprint density at radius 1 is 1.22 bits per heavy atom. The Morgan fingerprint density at radius 3 is 2.66 bits per heavy atom. The highest BCUT2D eigenvalue weighted by Gasteiger charge is 2.59. The SMILES string of the molecule is [N-]=[N+]=NCCOC1CCC2(S(=O)(=O)c3ccc(Cl)cc3)c3c(F)ccc(F)c3OCC2C1. The Bertz CT molecular complexity index is 1170. The first-order valence-corrected chi connectivity index (χ1v) is 11.9. The van der Waals surface area contributed by atoms with E-state index in [4.69, 9.17) is 26.6 Å². The molecule has 0 saturated heterocycles. The molecule has 1 aliphatic carbocycles. The van der Waals surface area contributed by atoms with Crippen molar-refractivity contribution in [3.05, 3.63) is 69.1 Å². The molecular formula is C21H20ClF2N3O4S. The number of hydrogen-bond donors (Lipinski definition) is 0. The molecule has 2 aliphatic rings. The van der Waals surface area contributed by atoms with Crippen LogP contribution < -0.4 is 4.74 Å². The lowest BCUT2D eigenvalue weighted by atomic mass is 9.72. The van der Waals surface area contributed by atoms with Crippen molar-refractivity contribution in [1.82, 2.24) is 0 Å². The van der Waals surface area contributed by atoms with Crippen LogP contribution in [0.1, 0.15) is 24.8 Å². The van der Waals surface area contributed by atoms with Gasteiger partial charge in [-0.05, 0) is 61.2 Å². The first-order chi connectivity index (χ1) is 15.3. The van der Waals surface area contributed by atoms with Gasteiger partial charge in [-0.15, -0.1) is 0 Å². The second kappa shape index (κ2) is 8.86. The van der Waals surface area contributed by atoms with Gasteiger partial charge in [0.25, 0.3) is 0 Å². The average molecular weight is 484 g/mol. The van der Waals surface area contributed by atoms with Crippen molar-refractivity contribution in [2.75, 3.05) is 19.8 Å². The second-order valence-electron chi connectivity index (χ2n) is 7.81. The van der Waals surface area contributed by atoms with E-state index in [2.05, 4.69) is 10.0 Å². The number of hydrogen-bond acceptors (Lipinski definition) is 5. The van der Waals surface area contributed by atoms with Gasteiger partial charge < -0.3 is 9.47 Å². The first kappa shape index (κ1) is 22.8. The summed E-state index contributed by atoms with van der Waals surface area (Å²) in [5, 5.41) is 3.78. The van der Waals surface area contributed by atoms with Gasteiger partial charge in [0.15, 0.2) is 21.4 Å². The van der Waals surface area contributed by atoms with Crippen LogP contribution in [0.5, 0.6) is 5.75 Å². The van der Waals surface area contributed by atoms with E-state index in [-0.39, 0.29) is 54.9 Å². The molecule has 3 unspecified atom stereocenters. The molecule has 1 saturated carbocycles. The minimum absolute atomic E-state index is 0.0194. The van der Waals surface area contributed by atoms with Gasteiger partial charge in [-0.3, -0.25) is 0 Å². The molecule has 32 heavy (non-hydrogen) atoms. The molecule has 0 N–H and O–H groups in total. The quantitative estimate of drug-likeness (QED) is 0.244. The summed E-state index contributed by atoms with van der Waals surface area (Å²) in [5.74, 6) is -2.67. The molecule has 2 aromatic rings. The second-order valence-corrected chi connectivity index (χ2v) is 10.5. The summed E-state index contributed by atoms with van der Waals surface area (Å²) in [5.41, 5.74) is 8.13. The Balaban J connectivity index is 1.81. The van der Waals surface area contributed by atoms with E-state index in [1.54, 1.807) is 0 Å². The summed E-state index contributed by atoms with van der Waals surface area (Å²) in [7, 11) is -4.17. The molecule has 1 aliphatic heterocycles. The third-order valence-corrected chi connectivity index (χ3v) is 9.01. The van der Waals surface area contributed by atoms with Gasteiger partial charge in [-0.2, -0.15) is 0 Å². The van der Waals surface area contributed by atoms with E-state index in [0.717, 1.165) is 12.1 Å². The van der Waals surface area contributed by atoms with Crippen LogP contribution in [0.15, 0.2) is 46.4 Å². The fourth-order valence-electron chi connectivity index (χ4n) is 4.76. The number of rotatable bonds is 6. The van der Waals surface area contributed by atoms with Gasteiger partial charge in [0.1, 0.15) is 10.6 Å². The van der Waals surface area contributed by atoms with Crippen molar-refractivity contribution in [2.45, 2.75) is 35.0 Å². The van der Waals surface area contributed by atoms with Gasteiger partial charge in [0.2, 0.25) is 0 Å². The molecule has 4 rings (SSSR count). The number of nitrogens with zero attached hydrogens (tertiary/aromatic N) is 3. The van der Waals surface area contributed by atoms with E-state index < -0.39 is 32.1 Å². The highest BCUT2D eigenvalue weighted by Crippen LogP contribution is 2.56. The van der Waals surface area contributed by atoms with Crippen molar-refractivity contribution in [3.8, 4) is 5.75 Å². The minimum Gasteiger partial charge on any atom is -0.490 e. The van der Waals surface area contributed by atoms with E-state index in [1.165, 1.54) is 24.3 Å². The standard InChI is InChI=1S/C21H20ClF2N3O4S/c22-14-1-3-16(4-2-14)32(28,29)21-8-7-15(30-10-9-26-27-25)11-13(21)12-31-20-18(24)6-5-17(23)19(20)21/h1-6,13,15H,7-12H2. The van der Waals surface area contributed by atoms with Crippen molar-refractivity contribution in [1.29, 1.82) is 0 Å². The van der Waals surface area contributed by atoms with Gasteiger partial charge >= 0.3 is 0 Å². The van der Waals surface area contributed by atoms with Crippen LogP contribution in [0.3, 0.4) is 0 Å². The number of sulfone groups is 1. The first-order valence-electron chi connectivity index (χ1n) is 10.0. The lowest BCUT2D eigenvalue weighted by Crippen LogP contribution is -2.53. The predicted octanol–water partition coefficient (Wildman–Crippen LogP) is 5.18. The van der Waals surface area contributed by atoms with Crippen LogP contribution in [0.2, 0.25) is 5.02 Å². The highest BCUT2D eigenvalue weighted by molar-refractivity contribution is 7.92. The zero-order valence-electron chi connectivity index (χ0n) is 16.9. The molecule has 3 atom stereocenters. The summed E-state index contributed by atoms with van der Waals surface area (Å²) in [6, 6.07) is 7.51. The molecule has 1 fully saturated rings. The zero-order chi connectivity index (χ0) is 22.9. The van der Waals surface area contributed by atoms with Gasteiger partial charge in [0.05, 0.1) is 29.8 Å². The van der Waals surface area contributed by atoms with Crippen molar-refractivity contribution < 1.29 is 26.7 Å². The average Bonchev–Trinajstić information content (AvgIpc) is 2.78. The largest absolute Gasteiger partial charge is 0.490 e. The molecule has 1 heterocycles. The van der Waals surface area contributed by atoms with Crippen molar-refractivity contribution in [2.24, 2.45) is 11.0 Å². The van der Waals surface area contributed by atoms with E-state index >= 15 is 4.39 Å². The summed E-state index contributed by atoms with van der Waals surface area (Å²) in [4.78, 5) is 2.65. The van der Waals surface area contributed by atoms with Crippen LogP contribution in [0.4, 0.5) is 8.78 Å². The number of fused-ring (bicyclic) bond motifs is 3. The van der Waals surface area contributed by atoms with Crippen molar-refractivity contribution >= 4 is 21.4 Å². The molecule has 170 valence electrons. The Morgan fingerprint density at radius 2 is 1.94 bits per heavy atom. The topological polar surface area (TPSA) is 101 Å². The lowest BCUT2D eigenvalue weighted by Gasteiger charge is -2.48. The Hall–Kier alpha value is -2.39. The van der Waals surface area contributed by atoms with Crippen LogP contribution in [-0.4, -0.2) is 34.3 Å². The summed E-state index contributed by atoms with van der Waals surface area (Å²) >= 11 is 5.93. The van der Waals surface area contributed by atoms with Crippen LogP contribution in [-0.2, 0) is 19.3 Å². The Labute approximate surface area is 188 Å². The summed E-state index contributed by atoms with van der Waals surface area (Å²) < 4.78 is 67.3. The van der Waals surface area contributed by atoms with E-state index in [0.29, 0.717) is 11.4 Å². The zero-order valence-corrected chi connectivity index (χ0v) is 18.5. The molecule has 0 spiro atoms. The maximum atomic E-state index is 15.2. The molecule has 0 amide bonds. The molecular weight excluding hydrogens is 464 g/mol. The lowest BCUT2D eigenvalue weighted by molar-refractivity contribution is -0.0121. The minimum atomic E-state index is -4.17. The van der Waals surface area contributed by atoms with Crippen LogP contribution >= 0.6 is 11.6 Å². The smallest absolute Gasteiger partial charge is 0.188 e. The number of benzene rings is 2. The predicted molar refractivity (Wildman–Crippen MR) is 113 cm³/mol. The van der Waals surface area contributed by atoms with Gasteiger partial charge in [0, 0.05) is 22.4 Å². The molecule has 0 aromatic heterocycles. The van der Waals surface area contributed by atoms with Gasteiger partial charge in [-0.1, -0.05) is 16.7 Å². The number of azide groups is 1. The molecule has 2 aromatic carbocycles. The molecule has 7 nitrogen and oxygen atoms in total. The maximum absolute atomic E-state index is 15.2. The summed E-state index contributed by atoms with van der Waals surface area (Å²) in [6.45, 7) is 0.222. The van der Waals surface area contributed by atoms with Crippen LogP contribution in [0, 0.1) is 17.6 Å². The highest BCUT2D eigenvalue weighted by atomic mass is 35.5. The van der Waals surface area contributed by atoms with Crippen molar-refractivity contribution in [3.63, 3.8) is 0 Å². The molecule has 0 bridgehead atoms. The maximum Gasteiger partial charge on any atom is 0.188 e. The number of ether oxygens (including phenoxy) is 2. The fourth-order valence-corrected chi connectivity index (χ4v) is 7.25. The summed E-state index contributed by atoms with van der Waals surface area (Å²) in [6.07, 6.45) is 0.253. The Kier molecular flexibility index (Phi) is 6.31.